The van der Waals surface area contributed by atoms with Crippen LogP contribution in [0.5, 0.6) is 5.75 Å². The summed E-state index contributed by atoms with van der Waals surface area (Å²) in [5.41, 5.74) is 0.859. The van der Waals surface area contributed by atoms with Crippen molar-refractivity contribution >= 4 is 17.3 Å². The van der Waals surface area contributed by atoms with Crippen molar-refractivity contribution in [3.8, 4) is 5.75 Å². The van der Waals surface area contributed by atoms with E-state index in [1.165, 1.54) is 18.2 Å². The molecule has 104 valence electrons. The second kappa shape index (κ2) is 6.34. The number of non-ortho nitro benzene ring substituents is 1. The number of ether oxygens (including phenoxy) is 1. The van der Waals surface area contributed by atoms with Crippen molar-refractivity contribution in [2.75, 3.05) is 0 Å². The molecule has 0 fully saturated rings. The second-order valence-electron chi connectivity index (χ2n) is 4.33. The van der Waals surface area contributed by atoms with E-state index >= 15 is 0 Å². The molecule has 20 heavy (non-hydrogen) atoms. The van der Waals surface area contributed by atoms with Crippen LogP contribution in [0.2, 0.25) is 5.02 Å². The van der Waals surface area contributed by atoms with Crippen molar-refractivity contribution < 1.29 is 9.66 Å². The van der Waals surface area contributed by atoms with Crippen LogP contribution in [0.4, 0.5) is 5.69 Å². The van der Waals surface area contributed by atoms with Gasteiger partial charge in [0.2, 0.25) is 0 Å². The Morgan fingerprint density at radius 1 is 1.40 bits per heavy atom. The fraction of sp³-hybridized carbons (Fsp3) is 0.214. The van der Waals surface area contributed by atoms with Gasteiger partial charge in [-0.25, -0.2) is 0 Å². The minimum absolute atomic E-state index is 0.0558. The zero-order chi connectivity index (χ0) is 14.5. The molecule has 0 amide bonds. The molecule has 1 unspecified atom stereocenters. The summed E-state index contributed by atoms with van der Waals surface area (Å²) in [4.78, 5) is 14.4. The Balaban J connectivity index is 2.04. The molecule has 1 aromatic carbocycles. The van der Waals surface area contributed by atoms with Crippen molar-refractivity contribution in [2.45, 2.75) is 19.4 Å². The summed E-state index contributed by atoms with van der Waals surface area (Å²) in [7, 11) is 0. The summed E-state index contributed by atoms with van der Waals surface area (Å²) in [6, 6.07) is 9.84. The van der Waals surface area contributed by atoms with Crippen LogP contribution < -0.4 is 4.74 Å². The van der Waals surface area contributed by atoms with E-state index in [9.17, 15) is 10.1 Å². The number of nitro benzene ring substituents is 1. The van der Waals surface area contributed by atoms with Gasteiger partial charge < -0.3 is 4.74 Å². The molecule has 0 spiro atoms. The quantitative estimate of drug-likeness (QED) is 0.623. The first kappa shape index (κ1) is 14.3. The van der Waals surface area contributed by atoms with Gasteiger partial charge in [-0.3, -0.25) is 15.1 Å². The molecule has 2 aromatic rings. The molecule has 0 N–H and O–H groups in total. The summed E-state index contributed by atoms with van der Waals surface area (Å²) in [6.07, 6.45) is 2.22. The van der Waals surface area contributed by atoms with Crippen molar-refractivity contribution in [1.82, 2.24) is 4.98 Å². The number of halogens is 1. The Hall–Kier alpha value is -2.14. The lowest BCUT2D eigenvalue weighted by Gasteiger charge is -2.15. The van der Waals surface area contributed by atoms with E-state index in [1.807, 2.05) is 25.1 Å². The molecule has 0 aliphatic heterocycles. The van der Waals surface area contributed by atoms with Crippen LogP contribution >= 0.6 is 11.6 Å². The van der Waals surface area contributed by atoms with Gasteiger partial charge in [0.15, 0.2) is 0 Å². The summed E-state index contributed by atoms with van der Waals surface area (Å²) >= 11 is 5.98. The molecule has 1 atom stereocenters. The summed E-state index contributed by atoms with van der Waals surface area (Å²) in [6.45, 7) is 1.90. The van der Waals surface area contributed by atoms with Crippen LogP contribution in [0.3, 0.4) is 0 Å². The highest BCUT2D eigenvalue weighted by molar-refractivity contribution is 6.32. The van der Waals surface area contributed by atoms with Gasteiger partial charge in [-0.1, -0.05) is 17.7 Å². The number of nitro groups is 1. The third kappa shape index (κ3) is 3.68. The topological polar surface area (TPSA) is 65.3 Å². The fourth-order valence-electron chi connectivity index (χ4n) is 1.77. The number of pyridine rings is 1. The Bertz CT molecular complexity index is 605. The van der Waals surface area contributed by atoms with E-state index in [0.717, 1.165) is 5.69 Å². The maximum atomic E-state index is 10.6. The zero-order valence-electron chi connectivity index (χ0n) is 10.8. The highest BCUT2D eigenvalue weighted by Gasteiger charge is 2.13. The maximum absolute atomic E-state index is 10.6. The molecular weight excluding hydrogens is 280 g/mol. The number of benzene rings is 1. The van der Waals surface area contributed by atoms with Gasteiger partial charge in [0.05, 0.1) is 9.95 Å². The van der Waals surface area contributed by atoms with Crippen molar-refractivity contribution in [3.63, 3.8) is 0 Å². The van der Waals surface area contributed by atoms with Crippen LogP contribution in [0.1, 0.15) is 12.6 Å². The third-order valence-corrected chi connectivity index (χ3v) is 2.97. The van der Waals surface area contributed by atoms with Gasteiger partial charge in [0.1, 0.15) is 11.9 Å². The first-order valence-corrected chi connectivity index (χ1v) is 6.44. The predicted octanol–water partition coefficient (Wildman–Crippen LogP) is 3.65. The molecule has 1 aromatic heterocycles. The Kier molecular flexibility index (Phi) is 4.53. The van der Waals surface area contributed by atoms with Crippen molar-refractivity contribution in [2.24, 2.45) is 0 Å². The second-order valence-corrected chi connectivity index (χ2v) is 4.73. The molecule has 6 heteroatoms. The Morgan fingerprint density at radius 2 is 2.20 bits per heavy atom. The molecule has 0 bridgehead atoms. The monoisotopic (exact) mass is 292 g/mol. The molecule has 0 saturated heterocycles. The molecule has 1 heterocycles. The normalized spacial score (nSPS) is 11.9. The average molecular weight is 293 g/mol. The molecule has 5 nitrogen and oxygen atoms in total. The van der Waals surface area contributed by atoms with Crippen LogP contribution in [0.25, 0.3) is 0 Å². The van der Waals surface area contributed by atoms with Gasteiger partial charge in [0.25, 0.3) is 5.69 Å². The molecular formula is C14H13ClN2O3. The van der Waals surface area contributed by atoms with Gasteiger partial charge in [-0.15, -0.1) is 0 Å². The van der Waals surface area contributed by atoms with Gasteiger partial charge in [0, 0.05) is 30.4 Å². The van der Waals surface area contributed by atoms with Crippen molar-refractivity contribution in [1.29, 1.82) is 0 Å². The Labute approximate surface area is 121 Å². The zero-order valence-corrected chi connectivity index (χ0v) is 11.6. The fourth-order valence-corrected chi connectivity index (χ4v) is 1.99. The number of hydrogen-bond donors (Lipinski definition) is 0. The average Bonchev–Trinajstić information content (AvgIpc) is 2.42. The lowest BCUT2D eigenvalue weighted by Crippen LogP contribution is -2.16. The van der Waals surface area contributed by atoms with Crippen LogP contribution in [0.15, 0.2) is 42.6 Å². The standard InChI is InChI=1S/C14H13ClN2O3/c1-10(8-11-4-2-3-7-16-11)20-14-6-5-12(17(18)19)9-13(14)15/h2-7,9-10H,8H2,1H3. The summed E-state index contributed by atoms with van der Waals surface area (Å²) in [5, 5.41) is 10.9. The van der Waals surface area contributed by atoms with E-state index in [-0.39, 0.29) is 16.8 Å². The highest BCUT2D eigenvalue weighted by atomic mass is 35.5. The SMILES string of the molecule is CC(Cc1ccccn1)Oc1ccc([N+](=O)[O-])cc1Cl. The first-order valence-electron chi connectivity index (χ1n) is 6.07. The van der Waals surface area contributed by atoms with Gasteiger partial charge in [-0.2, -0.15) is 0 Å². The largest absolute Gasteiger partial charge is 0.489 e. The predicted molar refractivity (Wildman–Crippen MR) is 76.1 cm³/mol. The third-order valence-electron chi connectivity index (χ3n) is 2.68. The van der Waals surface area contributed by atoms with Crippen LogP contribution in [0, 0.1) is 10.1 Å². The van der Waals surface area contributed by atoms with E-state index < -0.39 is 4.92 Å². The highest BCUT2D eigenvalue weighted by Crippen LogP contribution is 2.29. The summed E-state index contributed by atoms with van der Waals surface area (Å²) < 4.78 is 5.69. The molecule has 0 saturated carbocycles. The van der Waals surface area contributed by atoms with E-state index in [1.54, 1.807) is 6.20 Å². The maximum Gasteiger partial charge on any atom is 0.271 e. The molecule has 0 radical (unpaired) electrons. The number of nitrogens with zero attached hydrogens (tertiary/aromatic N) is 2. The number of rotatable bonds is 5. The number of aromatic nitrogens is 1. The van der Waals surface area contributed by atoms with Gasteiger partial charge >= 0.3 is 0 Å². The lowest BCUT2D eigenvalue weighted by molar-refractivity contribution is -0.384. The van der Waals surface area contributed by atoms with E-state index in [0.29, 0.717) is 12.2 Å². The lowest BCUT2D eigenvalue weighted by atomic mass is 10.2. The van der Waals surface area contributed by atoms with Crippen LogP contribution in [-0.4, -0.2) is 16.0 Å². The first-order chi connectivity index (χ1) is 9.56. The van der Waals surface area contributed by atoms with Crippen LogP contribution in [-0.2, 0) is 6.42 Å². The Morgan fingerprint density at radius 3 is 2.80 bits per heavy atom. The minimum Gasteiger partial charge on any atom is -0.489 e. The minimum atomic E-state index is -0.493. The van der Waals surface area contributed by atoms with E-state index in [4.69, 9.17) is 16.3 Å². The number of hydrogen-bond acceptors (Lipinski definition) is 4. The van der Waals surface area contributed by atoms with Gasteiger partial charge in [-0.05, 0) is 25.1 Å². The molecule has 0 aliphatic carbocycles. The van der Waals surface area contributed by atoms with E-state index in [2.05, 4.69) is 4.98 Å². The molecule has 0 aliphatic rings. The van der Waals surface area contributed by atoms with Crippen molar-refractivity contribution in [3.05, 3.63) is 63.4 Å². The molecule has 2 rings (SSSR count). The summed E-state index contributed by atoms with van der Waals surface area (Å²) in [5.74, 6) is 0.431. The smallest absolute Gasteiger partial charge is 0.271 e.